The van der Waals surface area contributed by atoms with E-state index in [0.29, 0.717) is 19.8 Å². The third-order valence-electron chi connectivity index (χ3n) is 4.60. The largest absolute Gasteiger partial charge is 0.372 e. The molecule has 0 unspecified atom stereocenters. The van der Waals surface area contributed by atoms with E-state index in [1.165, 1.54) is 0 Å². The standard InChI is InChI=1S/C17H24N2O3/c1-4-8-21-15-6-5-14-16(15)22-9-7-19(14)17(20)13-10-11(2)18-12(13)3/h4,10,14-16,18H,1,5-9H2,2-3H3/t14-,15-,16-/m0/s1. The number of aromatic amines is 1. The van der Waals surface area contributed by atoms with Gasteiger partial charge in [-0.2, -0.15) is 0 Å². The van der Waals surface area contributed by atoms with Crippen molar-refractivity contribution in [3.05, 3.63) is 35.7 Å². The van der Waals surface area contributed by atoms with Gasteiger partial charge in [0.05, 0.1) is 30.9 Å². The minimum absolute atomic E-state index is 0.0157. The van der Waals surface area contributed by atoms with Crippen molar-refractivity contribution in [1.29, 1.82) is 0 Å². The molecule has 1 amide bonds. The molecule has 1 aromatic heterocycles. The number of morpholine rings is 1. The lowest BCUT2D eigenvalue weighted by molar-refractivity contribution is -0.100. The molecule has 1 aromatic rings. The zero-order valence-electron chi connectivity index (χ0n) is 13.3. The predicted molar refractivity (Wildman–Crippen MR) is 84.0 cm³/mol. The highest BCUT2D eigenvalue weighted by Crippen LogP contribution is 2.33. The molecular formula is C17H24N2O3. The topological polar surface area (TPSA) is 54.6 Å². The van der Waals surface area contributed by atoms with Crippen molar-refractivity contribution in [3.8, 4) is 0 Å². The summed E-state index contributed by atoms with van der Waals surface area (Å²) in [5.74, 6) is 0.101. The van der Waals surface area contributed by atoms with Gasteiger partial charge in [0.15, 0.2) is 0 Å². The van der Waals surface area contributed by atoms with Crippen molar-refractivity contribution in [2.75, 3.05) is 19.8 Å². The maximum Gasteiger partial charge on any atom is 0.256 e. The quantitative estimate of drug-likeness (QED) is 0.868. The smallest absolute Gasteiger partial charge is 0.256 e. The Morgan fingerprint density at radius 1 is 1.55 bits per heavy atom. The van der Waals surface area contributed by atoms with Crippen LogP contribution in [0.15, 0.2) is 18.7 Å². The van der Waals surface area contributed by atoms with Gasteiger partial charge in [-0.15, -0.1) is 6.58 Å². The summed E-state index contributed by atoms with van der Waals surface area (Å²) >= 11 is 0. The lowest BCUT2D eigenvalue weighted by Crippen LogP contribution is -2.54. The van der Waals surface area contributed by atoms with Gasteiger partial charge >= 0.3 is 0 Å². The van der Waals surface area contributed by atoms with Crippen molar-refractivity contribution >= 4 is 5.91 Å². The second-order valence-corrected chi connectivity index (χ2v) is 6.13. The SMILES string of the molecule is C=CCO[C@H]1CC[C@H]2[C@@H]1OCCN2C(=O)c1cc(C)[nH]c1C. The van der Waals surface area contributed by atoms with E-state index in [1.54, 1.807) is 6.08 Å². The van der Waals surface area contributed by atoms with Crippen molar-refractivity contribution < 1.29 is 14.3 Å². The summed E-state index contributed by atoms with van der Waals surface area (Å²) in [6.45, 7) is 9.36. The maximum atomic E-state index is 12.9. The molecule has 120 valence electrons. The molecule has 1 saturated carbocycles. The van der Waals surface area contributed by atoms with E-state index in [4.69, 9.17) is 9.47 Å². The zero-order chi connectivity index (χ0) is 15.7. The molecule has 5 nitrogen and oxygen atoms in total. The number of carbonyl (C=O) groups is 1. The average molecular weight is 304 g/mol. The molecule has 1 aliphatic carbocycles. The molecule has 22 heavy (non-hydrogen) atoms. The number of nitrogens with zero attached hydrogens (tertiary/aromatic N) is 1. The number of carbonyl (C=O) groups excluding carboxylic acids is 1. The molecule has 1 aliphatic heterocycles. The fourth-order valence-corrected chi connectivity index (χ4v) is 3.64. The lowest BCUT2D eigenvalue weighted by atomic mass is 10.1. The second kappa shape index (κ2) is 6.26. The summed E-state index contributed by atoms with van der Waals surface area (Å²) < 4.78 is 11.7. The van der Waals surface area contributed by atoms with Crippen LogP contribution < -0.4 is 0 Å². The fourth-order valence-electron chi connectivity index (χ4n) is 3.64. The van der Waals surface area contributed by atoms with Crippen molar-refractivity contribution in [2.24, 2.45) is 0 Å². The van der Waals surface area contributed by atoms with Crippen LogP contribution in [-0.4, -0.2) is 53.8 Å². The average Bonchev–Trinajstić information content (AvgIpc) is 3.07. The number of rotatable bonds is 4. The molecule has 2 aliphatic rings. The molecule has 0 bridgehead atoms. The Hall–Kier alpha value is -1.59. The Labute approximate surface area is 131 Å². The molecule has 1 saturated heterocycles. The van der Waals surface area contributed by atoms with Gasteiger partial charge in [0.25, 0.3) is 5.91 Å². The van der Waals surface area contributed by atoms with Gasteiger partial charge in [-0.3, -0.25) is 4.79 Å². The minimum atomic E-state index is -0.0157. The number of H-pyrrole nitrogens is 1. The van der Waals surface area contributed by atoms with E-state index in [2.05, 4.69) is 11.6 Å². The first-order valence-corrected chi connectivity index (χ1v) is 7.93. The molecule has 0 spiro atoms. The maximum absolute atomic E-state index is 12.9. The van der Waals surface area contributed by atoms with Crippen LogP contribution in [0.2, 0.25) is 0 Å². The third kappa shape index (κ3) is 2.71. The third-order valence-corrected chi connectivity index (χ3v) is 4.60. The monoisotopic (exact) mass is 304 g/mol. The number of fused-ring (bicyclic) bond motifs is 1. The van der Waals surface area contributed by atoms with Crippen LogP contribution >= 0.6 is 0 Å². The summed E-state index contributed by atoms with van der Waals surface area (Å²) in [5, 5.41) is 0. The number of nitrogens with one attached hydrogen (secondary N) is 1. The molecule has 3 rings (SSSR count). The van der Waals surface area contributed by atoms with Gasteiger partial charge in [-0.05, 0) is 32.8 Å². The van der Waals surface area contributed by atoms with E-state index in [0.717, 1.165) is 29.8 Å². The molecular weight excluding hydrogens is 280 g/mol. The van der Waals surface area contributed by atoms with Crippen molar-refractivity contribution in [3.63, 3.8) is 0 Å². The van der Waals surface area contributed by atoms with Crippen LogP contribution in [0.1, 0.15) is 34.6 Å². The first kappa shape index (κ1) is 15.3. The highest BCUT2D eigenvalue weighted by atomic mass is 16.5. The summed E-state index contributed by atoms with van der Waals surface area (Å²) in [6.07, 6.45) is 3.66. The summed E-state index contributed by atoms with van der Waals surface area (Å²) in [7, 11) is 0. The molecule has 1 N–H and O–H groups in total. The Kier molecular flexibility index (Phi) is 4.36. The number of aryl methyl sites for hydroxylation is 2. The van der Waals surface area contributed by atoms with Crippen LogP contribution in [0.25, 0.3) is 0 Å². The highest BCUT2D eigenvalue weighted by molar-refractivity contribution is 5.96. The molecule has 2 fully saturated rings. The normalized spacial score (nSPS) is 27.7. The number of ether oxygens (including phenoxy) is 2. The molecule has 0 radical (unpaired) electrons. The van der Waals surface area contributed by atoms with Crippen molar-refractivity contribution in [2.45, 2.75) is 44.9 Å². The zero-order valence-corrected chi connectivity index (χ0v) is 13.3. The van der Waals surface area contributed by atoms with E-state index in [9.17, 15) is 4.79 Å². The Morgan fingerprint density at radius 2 is 2.36 bits per heavy atom. The number of aromatic nitrogens is 1. The molecule has 2 heterocycles. The summed E-state index contributed by atoms with van der Waals surface area (Å²) in [6, 6.07) is 2.05. The summed E-state index contributed by atoms with van der Waals surface area (Å²) in [4.78, 5) is 18.1. The first-order valence-electron chi connectivity index (χ1n) is 7.93. The van der Waals surface area contributed by atoms with E-state index < -0.39 is 0 Å². The van der Waals surface area contributed by atoms with Gasteiger partial charge in [0.1, 0.15) is 6.10 Å². The van der Waals surface area contributed by atoms with Crippen LogP contribution in [0.4, 0.5) is 0 Å². The van der Waals surface area contributed by atoms with Crippen LogP contribution in [0, 0.1) is 13.8 Å². The molecule has 3 atom stereocenters. The molecule has 5 heteroatoms. The van der Waals surface area contributed by atoms with Gasteiger partial charge in [0.2, 0.25) is 0 Å². The lowest BCUT2D eigenvalue weighted by Gasteiger charge is -2.39. The van der Waals surface area contributed by atoms with Gasteiger partial charge in [0, 0.05) is 17.9 Å². The van der Waals surface area contributed by atoms with E-state index in [1.807, 2.05) is 24.8 Å². The predicted octanol–water partition coefficient (Wildman–Crippen LogP) is 2.21. The van der Waals surface area contributed by atoms with E-state index >= 15 is 0 Å². The van der Waals surface area contributed by atoms with Crippen molar-refractivity contribution in [1.82, 2.24) is 9.88 Å². The fraction of sp³-hybridized carbons (Fsp3) is 0.588. The molecule has 0 aromatic carbocycles. The number of hydrogen-bond acceptors (Lipinski definition) is 3. The van der Waals surface area contributed by atoms with E-state index in [-0.39, 0.29) is 24.2 Å². The summed E-state index contributed by atoms with van der Waals surface area (Å²) in [5.41, 5.74) is 2.72. The van der Waals surface area contributed by atoms with Gasteiger partial charge in [-0.1, -0.05) is 6.08 Å². The van der Waals surface area contributed by atoms with Gasteiger partial charge < -0.3 is 19.4 Å². The Morgan fingerprint density at radius 3 is 3.05 bits per heavy atom. The first-order chi connectivity index (χ1) is 10.6. The highest BCUT2D eigenvalue weighted by Gasteiger charge is 2.45. The Balaban J connectivity index is 1.76. The van der Waals surface area contributed by atoms with Crippen LogP contribution in [0.3, 0.4) is 0 Å². The minimum Gasteiger partial charge on any atom is -0.372 e. The van der Waals surface area contributed by atoms with Crippen LogP contribution in [-0.2, 0) is 9.47 Å². The number of amides is 1. The number of hydrogen-bond donors (Lipinski definition) is 1. The Bertz CT molecular complexity index is 566. The van der Waals surface area contributed by atoms with Crippen LogP contribution in [0.5, 0.6) is 0 Å². The second-order valence-electron chi connectivity index (χ2n) is 6.13. The van der Waals surface area contributed by atoms with Gasteiger partial charge in [-0.25, -0.2) is 0 Å².